The van der Waals surface area contributed by atoms with Crippen molar-refractivity contribution in [3.05, 3.63) is 91.0 Å². The van der Waals surface area contributed by atoms with Crippen molar-refractivity contribution in [2.45, 2.75) is 26.7 Å². The van der Waals surface area contributed by atoms with Crippen molar-refractivity contribution in [3.8, 4) is 0 Å². The van der Waals surface area contributed by atoms with Gasteiger partial charge in [0, 0.05) is 12.9 Å². The summed E-state index contributed by atoms with van der Waals surface area (Å²) in [6, 6.07) is 33.5. The van der Waals surface area contributed by atoms with Crippen molar-refractivity contribution < 1.29 is 19.8 Å². The molecular weight excluding hydrogens is 445 g/mol. The number of carboxylic acid groups (broad SMARTS) is 2. The number of carbonyl (C=O) groups excluding carboxylic acids is 1. The quantitative estimate of drug-likeness (QED) is 0.395. The summed E-state index contributed by atoms with van der Waals surface area (Å²) in [5.41, 5.74) is 0. The van der Waals surface area contributed by atoms with Crippen LogP contribution < -0.4 is 21.0 Å². The fourth-order valence-corrected chi connectivity index (χ4v) is 8.07. The second kappa shape index (κ2) is 15.8. The molecule has 0 radical (unpaired) electrons. The monoisotopic (exact) mass is 481 g/mol. The van der Waals surface area contributed by atoms with Crippen LogP contribution >= 0.6 is 7.26 Å². The van der Waals surface area contributed by atoms with Crippen LogP contribution in [0.25, 0.3) is 0 Å². The molecule has 0 atom stereocenters. The molecule has 0 saturated heterocycles. The number of unbranched alkanes of at least 4 members (excludes halogenated alkanes) is 1. The number of carbonyl (C=O) groups is 2. The molecule has 3 aromatic rings. The Labute approximate surface area is 204 Å². The zero-order valence-corrected chi connectivity index (χ0v) is 21.4. The Morgan fingerprint density at radius 2 is 1.03 bits per heavy atom. The smallest absolute Gasteiger partial charge is 0.300 e. The molecule has 182 valence electrons. The van der Waals surface area contributed by atoms with Gasteiger partial charge in [0.1, 0.15) is 23.2 Å². The van der Waals surface area contributed by atoms with E-state index in [1.807, 2.05) is 0 Å². The lowest BCUT2D eigenvalue weighted by Crippen LogP contribution is -2.33. The molecule has 1 N–H and O–H groups in total. The SMILES string of the molecule is CC(=O)O.CC(=O)[O-].CN(C)CCCC[P+](c1ccccc1)(c1ccccc1)c1ccccc1. The molecule has 0 amide bonds. The number of benzene rings is 3. The van der Waals surface area contributed by atoms with E-state index in [4.69, 9.17) is 19.8 Å². The van der Waals surface area contributed by atoms with Gasteiger partial charge < -0.3 is 19.9 Å². The number of hydrogen-bond donors (Lipinski definition) is 1. The average Bonchev–Trinajstić information content (AvgIpc) is 2.80. The van der Waals surface area contributed by atoms with Crippen LogP contribution in [0.1, 0.15) is 26.7 Å². The van der Waals surface area contributed by atoms with E-state index in [1.165, 1.54) is 34.9 Å². The highest BCUT2D eigenvalue weighted by Crippen LogP contribution is 2.55. The first kappa shape index (κ1) is 29.0. The fraction of sp³-hybridized carbons (Fsp3) is 0.286. The van der Waals surface area contributed by atoms with Gasteiger partial charge >= 0.3 is 0 Å². The second-order valence-corrected chi connectivity index (χ2v) is 11.7. The van der Waals surface area contributed by atoms with Crippen LogP contribution in [0.3, 0.4) is 0 Å². The van der Waals surface area contributed by atoms with Gasteiger partial charge in [-0.15, -0.1) is 0 Å². The van der Waals surface area contributed by atoms with Crippen molar-refractivity contribution in [2.75, 3.05) is 26.8 Å². The van der Waals surface area contributed by atoms with Gasteiger partial charge in [-0.3, -0.25) is 4.79 Å². The maximum absolute atomic E-state index is 9.00. The molecule has 0 heterocycles. The first-order valence-electron chi connectivity index (χ1n) is 11.3. The highest BCUT2D eigenvalue weighted by atomic mass is 31.2. The number of nitrogens with zero attached hydrogens (tertiary/aromatic N) is 1. The molecule has 0 aliphatic carbocycles. The third kappa shape index (κ3) is 10.3. The first-order chi connectivity index (χ1) is 16.2. The van der Waals surface area contributed by atoms with E-state index in [-0.39, 0.29) is 0 Å². The molecule has 0 bridgehead atoms. The highest BCUT2D eigenvalue weighted by Gasteiger charge is 2.44. The summed E-state index contributed by atoms with van der Waals surface area (Å²) in [7, 11) is 2.69. The Hall–Kier alpha value is -3.01. The van der Waals surface area contributed by atoms with Gasteiger partial charge in [-0.1, -0.05) is 54.6 Å². The summed E-state index contributed by atoms with van der Waals surface area (Å²) < 4.78 is 0. The zero-order chi connectivity index (χ0) is 25.4. The molecule has 0 unspecified atom stereocenters. The van der Waals surface area contributed by atoms with Gasteiger partial charge in [-0.2, -0.15) is 0 Å². The van der Waals surface area contributed by atoms with E-state index in [9.17, 15) is 0 Å². The van der Waals surface area contributed by atoms with Gasteiger partial charge in [0.2, 0.25) is 0 Å². The van der Waals surface area contributed by atoms with Crippen LogP contribution in [0, 0.1) is 0 Å². The molecule has 0 aliphatic rings. The van der Waals surface area contributed by atoms with Crippen LogP contribution in [0.4, 0.5) is 0 Å². The number of carboxylic acids is 2. The minimum Gasteiger partial charge on any atom is -0.550 e. The minimum atomic E-state index is -1.63. The highest BCUT2D eigenvalue weighted by molar-refractivity contribution is 7.95. The molecule has 0 fully saturated rings. The first-order valence-corrected chi connectivity index (χ1v) is 13.2. The van der Waals surface area contributed by atoms with Crippen LogP contribution in [0.2, 0.25) is 0 Å². The van der Waals surface area contributed by atoms with Gasteiger partial charge in [0.05, 0.1) is 6.16 Å². The van der Waals surface area contributed by atoms with Crippen molar-refractivity contribution >= 4 is 35.1 Å². The number of rotatable bonds is 8. The second-order valence-electron chi connectivity index (χ2n) is 8.06. The summed E-state index contributed by atoms with van der Waals surface area (Å²) in [6.45, 7) is 3.21. The summed E-state index contributed by atoms with van der Waals surface area (Å²) in [5, 5.41) is 20.8. The molecule has 5 nitrogen and oxygen atoms in total. The fourth-order valence-electron chi connectivity index (χ4n) is 3.66. The van der Waals surface area contributed by atoms with E-state index in [2.05, 4.69) is 110 Å². The molecule has 0 aromatic heterocycles. The summed E-state index contributed by atoms with van der Waals surface area (Å²) >= 11 is 0. The third-order valence-corrected chi connectivity index (χ3v) is 9.47. The topological polar surface area (TPSA) is 80.7 Å². The van der Waals surface area contributed by atoms with E-state index >= 15 is 0 Å². The Bertz CT molecular complexity index is 847. The zero-order valence-electron chi connectivity index (χ0n) is 20.6. The van der Waals surface area contributed by atoms with Crippen LogP contribution in [0.15, 0.2) is 91.0 Å². The molecule has 0 aliphatic heterocycles. The Morgan fingerprint density at radius 3 is 1.29 bits per heavy atom. The van der Waals surface area contributed by atoms with Crippen molar-refractivity contribution in [3.63, 3.8) is 0 Å². The largest absolute Gasteiger partial charge is 0.550 e. The van der Waals surface area contributed by atoms with Gasteiger partial charge in [-0.05, 0) is 76.8 Å². The Kier molecular flexibility index (Phi) is 13.5. The van der Waals surface area contributed by atoms with E-state index in [1.54, 1.807) is 0 Å². The number of aliphatic carboxylic acids is 2. The number of hydrogen-bond acceptors (Lipinski definition) is 4. The lowest BCUT2D eigenvalue weighted by atomic mass is 10.3. The third-order valence-electron chi connectivity index (χ3n) is 4.94. The summed E-state index contributed by atoms with van der Waals surface area (Å²) in [4.78, 5) is 20.2. The maximum Gasteiger partial charge on any atom is 0.300 e. The normalized spacial score (nSPS) is 10.4. The predicted molar refractivity (Wildman–Crippen MR) is 142 cm³/mol. The van der Waals surface area contributed by atoms with Crippen LogP contribution in [-0.2, 0) is 9.59 Å². The Morgan fingerprint density at radius 1 is 0.735 bits per heavy atom. The van der Waals surface area contributed by atoms with E-state index < -0.39 is 19.2 Å². The van der Waals surface area contributed by atoms with Crippen molar-refractivity contribution in [1.82, 2.24) is 4.90 Å². The lowest BCUT2D eigenvalue weighted by Gasteiger charge is -2.28. The van der Waals surface area contributed by atoms with E-state index in [0.29, 0.717) is 0 Å². The maximum atomic E-state index is 9.00. The van der Waals surface area contributed by atoms with Gasteiger partial charge in [-0.25, -0.2) is 0 Å². The van der Waals surface area contributed by atoms with Gasteiger partial charge in [0.25, 0.3) is 5.97 Å². The summed E-state index contributed by atoms with van der Waals surface area (Å²) in [5.74, 6) is -1.92. The molecule has 0 saturated carbocycles. The van der Waals surface area contributed by atoms with E-state index in [0.717, 1.165) is 20.4 Å². The molecule has 0 spiro atoms. The van der Waals surface area contributed by atoms with Crippen LogP contribution in [-0.4, -0.2) is 48.7 Å². The predicted octanol–water partition coefficient (Wildman–Crippen LogP) is 3.17. The van der Waals surface area contributed by atoms with Crippen LogP contribution in [0.5, 0.6) is 0 Å². The lowest BCUT2D eigenvalue weighted by molar-refractivity contribution is -0.302. The van der Waals surface area contributed by atoms with Crippen molar-refractivity contribution in [2.24, 2.45) is 0 Å². The molecule has 3 aromatic carbocycles. The minimum absolute atomic E-state index is 0.833. The van der Waals surface area contributed by atoms with Crippen molar-refractivity contribution in [1.29, 1.82) is 0 Å². The molecule has 6 heteroatoms. The average molecular weight is 482 g/mol. The Balaban J connectivity index is 0.000000629. The van der Waals surface area contributed by atoms with Gasteiger partial charge in [0.15, 0.2) is 0 Å². The molecule has 34 heavy (non-hydrogen) atoms. The standard InChI is InChI=1S/C24H29NP.2C2H4O2/c1-25(2)20-12-13-21-26(22-14-6-3-7-15-22,23-16-8-4-9-17-23)24-18-10-5-11-19-24;2*1-2(3)4/h3-11,14-19H,12-13,20-21H2,1-2H3;2*1H3,(H,3,4)/q+1;;/p-1. The molecule has 3 rings (SSSR count). The summed E-state index contributed by atoms with van der Waals surface area (Å²) in [6.07, 6.45) is 3.70. The molecular formula is C28H36NO4P.